The van der Waals surface area contributed by atoms with Crippen molar-refractivity contribution in [2.45, 2.75) is 114 Å². The van der Waals surface area contributed by atoms with Crippen LogP contribution in [-0.2, 0) is 31.9 Å². The molecular formula is C33H45F3N2O3S. The molecule has 2 aliphatic heterocycles. The van der Waals surface area contributed by atoms with Crippen LogP contribution in [0, 0.1) is 5.41 Å². The molecule has 9 heteroatoms. The number of aromatic nitrogens is 2. The highest BCUT2D eigenvalue weighted by atomic mass is 32.3. The molecule has 2 aliphatic carbocycles. The molecule has 0 bridgehead atoms. The van der Waals surface area contributed by atoms with E-state index in [-0.39, 0.29) is 22.2 Å². The molecule has 2 unspecified atom stereocenters. The summed E-state index contributed by atoms with van der Waals surface area (Å²) in [5, 5.41) is 0. The lowest BCUT2D eigenvalue weighted by Gasteiger charge is -2.53. The van der Waals surface area contributed by atoms with Crippen LogP contribution in [0.25, 0.3) is 0 Å². The van der Waals surface area contributed by atoms with Crippen molar-refractivity contribution in [1.29, 1.82) is 0 Å². The maximum absolute atomic E-state index is 13.4. The molecular weight excluding hydrogens is 561 g/mol. The molecule has 2 aromatic rings. The summed E-state index contributed by atoms with van der Waals surface area (Å²) in [5.41, 5.74) is 4.75. The Hall–Kier alpha value is -1.68. The second-order valence-electron chi connectivity index (χ2n) is 14.5. The summed E-state index contributed by atoms with van der Waals surface area (Å²) in [6, 6.07) is 2.59. The third-order valence-corrected chi connectivity index (χ3v) is 14.1. The van der Waals surface area contributed by atoms with Gasteiger partial charge < -0.3 is 13.7 Å². The fourth-order valence-corrected chi connectivity index (χ4v) is 8.24. The van der Waals surface area contributed by atoms with Crippen molar-refractivity contribution in [3.8, 4) is 0 Å². The summed E-state index contributed by atoms with van der Waals surface area (Å²) < 4.78 is 60.4. The van der Waals surface area contributed by atoms with Crippen LogP contribution in [-0.4, -0.2) is 40.4 Å². The summed E-state index contributed by atoms with van der Waals surface area (Å²) in [4.78, 5) is 9.77. The van der Waals surface area contributed by atoms with Gasteiger partial charge in [0.15, 0.2) is 0 Å². The summed E-state index contributed by atoms with van der Waals surface area (Å²) in [6.07, 6.45) is 7.20. The first-order chi connectivity index (χ1) is 19.6. The van der Waals surface area contributed by atoms with Crippen molar-refractivity contribution in [2.24, 2.45) is 5.41 Å². The van der Waals surface area contributed by atoms with Crippen LogP contribution in [0.15, 0.2) is 18.3 Å². The first-order valence-electron chi connectivity index (χ1n) is 15.3. The number of alkyl halides is 3. The molecule has 0 aromatic carbocycles. The van der Waals surface area contributed by atoms with Gasteiger partial charge in [0.25, 0.3) is 0 Å². The zero-order valence-electron chi connectivity index (χ0n) is 26.0. The standard InChI is InChI=1S/C33H45F3N2O3S/c1-20(2)28-26-27(25-23(38-28)17-31(11-8-12-31)18-24(25)41-42(6,7)30(3,4)5)32(13-15-39-16-14-32)40-29(26)22-10-9-21(19-37-22)33(34,35)36/h9-10,19-20,24,29H,8,11-18H2,1-7H3. The van der Waals surface area contributed by atoms with Gasteiger partial charge >= 0.3 is 6.18 Å². The first-order valence-corrected chi connectivity index (χ1v) is 17.7. The summed E-state index contributed by atoms with van der Waals surface area (Å²) in [5.74, 6) is 0.106. The van der Waals surface area contributed by atoms with Gasteiger partial charge in [-0.05, 0) is 67.2 Å². The predicted molar refractivity (Wildman–Crippen MR) is 160 cm³/mol. The van der Waals surface area contributed by atoms with Crippen LogP contribution < -0.4 is 0 Å². The Morgan fingerprint density at radius 3 is 2.24 bits per heavy atom. The highest BCUT2D eigenvalue weighted by molar-refractivity contribution is 8.29. The minimum absolute atomic E-state index is 0.00852. The van der Waals surface area contributed by atoms with Crippen LogP contribution in [0.4, 0.5) is 13.2 Å². The van der Waals surface area contributed by atoms with Gasteiger partial charge in [-0.15, -0.1) is 10.3 Å². The molecule has 4 aliphatic rings. The Morgan fingerprint density at radius 2 is 1.71 bits per heavy atom. The Bertz CT molecular complexity index is 1340. The number of ether oxygens (including phenoxy) is 2. The van der Waals surface area contributed by atoms with E-state index in [1.54, 1.807) is 0 Å². The highest BCUT2D eigenvalue weighted by Gasteiger charge is 2.55. The van der Waals surface area contributed by atoms with Crippen molar-refractivity contribution in [3.05, 3.63) is 57.7 Å². The van der Waals surface area contributed by atoms with Gasteiger partial charge in [0.1, 0.15) is 6.10 Å². The first kappa shape index (κ1) is 30.4. The van der Waals surface area contributed by atoms with Gasteiger partial charge in [-0.1, -0.05) is 41.0 Å². The minimum Gasteiger partial charge on any atom is -0.381 e. The highest BCUT2D eigenvalue weighted by Crippen LogP contribution is 2.65. The van der Waals surface area contributed by atoms with Crippen molar-refractivity contribution in [1.82, 2.24) is 9.97 Å². The zero-order valence-corrected chi connectivity index (χ0v) is 26.8. The van der Waals surface area contributed by atoms with E-state index in [1.165, 1.54) is 30.9 Å². The Balaban J connectivity index is 1.58. The normalized spacial score (nSPS) is 25.4. The molecule has 2 atom stereocenters. The largest absolute Gasteiger partial charge is 0.417 e. The molecule has 0 radical (unpaired) electrons. The maximum Gasteiger partial charge on any atom is 0.417 e. The summed E-state index contributed by atoms with van der Waals surface area (Å²) in [6.45, 7) is 12.2. The van der Waals surface area contributed by atoms with E-state index in [1.807, 2.05) is 0 Å². The van der Waals surface area contributed by atoms with Gasteiger partial charge in [-0.25, -0.2) is 0 Å². The number of halogens is 3. The molecule has 1 saturated heterocycles. The molecule has 0 amide bonds. The van der Waals surface area contributed by atoms with Crippen molar-refractivity contribution in [3.63, 3.8) is 0 Å². The monoisotopic (exact) mass is 606 g/mol. The van der Waals surface area contributed by atoms with Crippen LogP contribution in [0.2, 0.25) is 0 Å². The molecule has 6 rings (SSSR count). The van der Waals surface area contributed by atoms with Crippen LogP contribution in [0.1, 0.15) is 131 Å². The lowest BCUT2D eigenvalue weighted by Crippen LogP contribution is -2.42. The molecule has 42 heavy (non-hydrogen) atoms. The molecule has 2 aromatic heterocycles. The fourth-order valence-electron chi connectivity index (χ4n) is 7.21. The van der Waals surface area contributed by atoms with Gasteiger partial charge in [0.2, 0.25) is 0 Å². The molecule has 5 nitrogen and oxygen atoms in total. The van der Waals surface area contributed by atoms with Crippen molar-refractivity contribution in [2.75, 3.05) is 25.7 Å². The SMILES string of the molecule is CC(C)c1nc2c(c3c1C(c1ccc(C(F)(F)F)cn1)OC31CCOCC1)C(OS(C)(C)C(C)(C)C)CC1(CCC1)C2. The van der Waals surface area contributed by atoms with Crippen LogP contribution in [0.5, 0.6) is 0 Å². The van der Waals surface area contributed by atoms with E-state index >= 15 is 0 Å². The van der Waals surface area contributed by atoms with E-state index in [0.717, 1.165) is 47.6 Å². The Morgan fingerprint density at radius 1 is 1.02 bits per heavy atom. The third kappa shape index (κ3) is 5.00. The predicted octanol–water partition coefficient (Wildman–Crippen LogP) is 8.70. The number of hydrogen-bond acceptors (Lipinski definition) is 5. The number of hydrogen-bond donors (Lipinski definition) is 0. The average molecular weight is 607 g/mol. The van der Waals surface area contributed by atoms with Crippen molar-refractivity contribution < 1.29 is 26.8 Å². The minimum atomic E-state index is -4.45. The second kappa shape index (κ2) is 10.2. The van der Waals surface area contributed by atoms with Gasteiger partial charge in [0, 0.05) is 59.5 Å². The fraction of sp³-hybridized carbons (Fsp3) is 0.697. The quantitative estimate of drug-likeness (QED) is 0.349. The maximum atomic E-state index is 13.4. The lowest BCUT2D eigenvalue weighted by atomic mass is 9.58. The molecule has 4 heterocycles. The van der Waals surface area contributed by atoms with E-state index in [9.17, 15) is 13.2 Å². The van der Waals surface area contributed by atoms with Gasteiger partial charge in [-0.3, -0.25) is 9.97 Å². The summed E-state index contributed by atoms with van der Waals surface area (Å²) in [7, 11) is -1.46. The van der Waals surface area contributed by atoms with Crippen molar-refractivity contribution >= 4 is 10.3 Å². The van der Waals surface area contributed by atoms with E-state index in [2.05, 4.69) is 52.1 Å². The number of nitrogens with zero attached hydrogens (tertiary/aromatic N) is 2. The van der Waals surface area contributed by atoms with Gasteiger partial charge in [-0.2, -0.15) is 13.2 Å². The molecule has 2 spiro atoms. The molecule has 1 saturated carbocycles. The number of pyridine rings is 2. The van der Waals surface area contributed by atoms with E-state index < -0.39 is 33.8 Å². The molecule has 232 valence electrons. The third-order valence-electron chi connectivity index (χ3n) is 10.4. The smallest absolute Gasteiger partial charge is 0.381 e. The van der Waals surface area contributed by atoms with Gasteiger partial charge in [0.05, 0.1) is 23.0 Å². The molecule has 0 N–H and O–H groups in total. The van der Waals surface area contributed by atoms with Crippen LogP contribution >= 0.6 is 10.3 Å². The Labute approximate surface area is 249 Å². The molecule has 2 fully saturated rings. The number of fused-ring (bicyclic) bond motifs is 4. The lowest BCUT2D eigenvalue weighted by molar-refractivity contribution is -0.138. The topological polar surface area (TPSA) is 53.5 Å². The average Bonchev–Trinajstić information content (AvgIpc) is 3.20. The zero-order chi connectivity index (χ0) is 30.3. The number of rotatable bonds is 4. The second-order valence-corrected chi connectivity index (χ2v) is 18.4. The van der Waals surface area contributed by atoms with E-state index in [4.69, 9.17) is 18.6 Å². The Kier molecular flexibility index (Phi) is 7.35. The summed E-state index contributed by atoms with van der Waals surface area (Å²) >= 11 is 0. The van der Waals surface area contributed by atoms with E-state index in [0.29, 0.717) is 31.7 Å². The van der Waals surface area contributed by atoms with Crippen LogP contribution in [0.3, 0.4) is 0 Å².